The number of hydrogen-bond donors (Lipinski definition) is 2. The summed E-state index contributed by atoms with van der Waals surface area (Å²) in [5.41, 5.74) is 2.59. The second-order valence-corrected chi connectivity index (χ2v) is 7.93. The molecule has 1 rings (SSSR count). The van der Waals surface area contributed by atoms with Crippen LogP contribution in [0.5, 0.6) is 0 Å². The van der Waals surface area contributed by atoms with E-state index in [4.69, 9.17) is 5.84 Å². The number of hydrazine groups is 1. The molecule has 21 heavy (non-hydrogen) atoms. The van der Waals surface area contributed by atoms with Crippen LogP contribution in [0.25, 0.3) is 0 Å². The van der Waals surface area contributed by atoms with Gasteiger partial charge < -0.3 is 4.74 Å². The molecule has 1 aliphatic rings. The Hall–Kier alpha value is -0.380. The largest absolute Gasteiger partial charge is 0.411 e. The Morgan fingerprint density at radius 3 is 2.57 bits per heavy atom. The summed E-state index contributed by atoms with van der Waals surface area (Å²) >= 11 is 0. The van der Waals surface area contributed by atoms with Gasteiger partial charge in [0.15, 0.2) is 0 Å². The quantitative estimate of drug-likeness (QED) is 0.418. The molecule has 0 spiro atoms. The average molecular weight is 332 g/mol. The molecule has 0 aliphatic heterocycles. The van der Waals surface area contributed by atoms with Gasteiger partial charge in [-0.3, -0.25) is 11.3 Å². The summed E-state index contributed by atoms with van der Waals surface area (Å²) in [5.74, 6) is 5.49. The predicted octanol–water partition coefficient (Wildman–Crippen LogP) is 1.39. The third-order valence-electron chi connectivity index (χ3n) is 3.89. The maximum Gasteiger partial charge on any atom is 0.411 e. The first-order chi connectivity index (χ1) is 9.63. The van der Waals surface area contributed by atoms with E-state index in [1.807, 2.05) is 0 Å². The molecule has 3 unspecified atom stereocenters. The van der Waals surface area contributed by atoms with Gasteiger partial charge in [0.1, 0.15) is 16.4 Å². The van der Waals surface area contributed by atoms with E-state index >= 15 is 0 Å². The molecule has 1 fully saturated rings. The minimum Gasteiger partial charge on any atom is -0.372 e. The smallest absolute Gasteiger partial charge is 0.372 e. The lowest BCUT2D eigenvalue weighted by Crippen LogP contribution is -2.45. The molecule has 0 aromatic rings. The zero-order valence-corrected chi connectivity index (χ0v) is 12.8. The summed E-state index contributed by atoms with van der Waals surface area (Å²) < 4.78 is 63.7. The van der Waals surface area contributed by atoms with Gasteiger partial charge in [0.05, 0.1) is 5.25 Å². The number of nitrogens with one attached hydrogen (secondary N) is 1. The van der Waals surface area contributed by atoms with Crippen molar-refractivity contribution in [3.8, 4) is 0 Å². The van der Waals surface area contributed by atoms with Crippen molar-refractivity contribution in [2.24, 2.45) is 11.8 Å². The Morgan fingerprint density at radius 1 is 1.38 bits per heavy atom. The Morgan fingerprint density at radius 2 is 2.05 bits per heavy atom. The van der Waals surface area contributed by atoms with E-state index in [1.54, 1.807) is 0 Å². The maximum atomic E-state index is 12.0. The van der Waals surface area contributed by atoms with Crippen molar-refractivity contribution < 1.29 is 26.3 Å². The van der Waals surface area contributed by atoms with Crippen LogP contribution in [-0.2, 0) is 14.6 Å². The predicted molar refractivity (Wildman–Crippen MR) is 73.2 cm³/mol. The highest BCUT2D eigenvalue weighted by atomic mass is 32.2. The molecule has 5 nitrogen and oxygen atoms in total. The zero-order valence-electron chi connectivity index (χ0n) is 12.0. The monoisotopic (exact) mass is 332 g/mol. The fourth-order valence-corrected chi connectivity index (χ4v) is 3.98. The van der Waals surface area contributed by atoms with Gasteiger partial charge in [0.2, 0.25) is 0 Å². The minimum atomic E-state index is -4.34. The lowest BCUT2D eigenvalue weighted by molar-refractivity contribution is -0.174. The molecule has 0 aromatic carbocycles. The summed E-state index contributed by atoms with van der Waals surface area (Å²) in [5, 5.41) is -0.386. The summed E-state index contributed by atoms with van der Waals surface area (Å²) in [6, 6.07) is -0.234. The molecule has 126 valence electrons. The molecule has 0 aromatic heterocycles. The van der Waals surface area contributed by atoms with Gasteiger partial charge >= 0.3 is 6.18 Å². The second-order valence-electron chi connectivity index (χ2n) is 5.61. The molecule has 3 N–H and O–H groups in total. The first kappa shape index (κ1) is 18.7. The highest BCUT2D eigenvalue weighted by Crippen LogP contribution is 2.31. The van der Waals surface area contributed by atoms with Gasteiger partial charge in [-0.05, 0) is 31.6 Å². The van der Waals surface area contributed by atoms with E-state index in [2.05, 4.69) is 10.2 Å². The van der Waals surface area contributed by atoms with Gasteiger partial charge in [-0.15, -0.1) is 0 Å². The Bertz CT molecular complexity index is 414. The second kappa shape index (κ2) is 7.75. The van der Waals surface area contributed by atoms with Crippen molar-refractivity contribution >= 4 is 9.84 Å². The van der Waals surface area contributed by atoms with Crippen molar-refractivity contribution in [3.05, 3.63) is 0 Å². The topological polar surface area (TPSA) is 81.4 Å². The van der Waals surface area contributed by atoms with Gasteiger partial charge in [-0.25, -0.2) is 8.42 Å². The molecule has 1 saturated carbocycles. The van der Waals surface area contributed by atoms with Gasteiger partial charge in [0.25, 0.3) is 0 Å². The van der Waals surface area contributed by atoms with E-state index in [0.29, 0.717) is 19.3 Å². The number of ether oxygens (including phenoxy) is 1. The Labute approximate surface area is 123 Å². The molecule has 0 amide bonds. The first-order valence-electron chi connectivity index (χ1n) is 6.93. The van der Waals surface area contributed by atoms with Crippen LogP contribution in [0.15, 0.2) is 0 Å². The van der Waals surface area contributed by atoms with E-state index in [0.717, 1.165) is 12.8 Å². The third kappa shape index (κ3) is 6.94. The van der Waals surface area contributed by atoms with Crippen LogP contribution in [0, 0.1) is 5.92 Å². The van der Waals surface area contributed by atoms with Crippen molar-refractivity contribution in [3.63, 3.8) is 0 Å². The molecule has 0 radical (unpaired) electrons. The van der Waals surface area contributed by atoms with Crippen molar-refractivity contribution in [1.82, 2.24) is 5.43 Å². The van der Waals surface area contributed by atoms with Crippen LogP contribution < -0.4 is 11.3 Å². The highest BCUT2D eigenvalue weighted by molar-refractivity contribution is 7.91. The van der Waals surface area contributed by atoms with Gasteiger partial charge in [-0.2, -0.15) is 13.2 Å². The molecular formula is C12H23F3N2O3S. The van der Waals surface area contributed by atoms with Gasteiger partial charge in [0, 0.05) is 18.9 Å². The van der Waals surface area contributed by atoms with Crippen LogP contribution in [0.2, 0.25) is 0 Å². The molecule has 0 saturated heterocycles. The Balaban J connectivity index is 2.44. The molecule has 1 aliphatic carbocycles. The van der Waals surface area contributed by atoms with Crippen LogP contribution >= 0.6 is 0 Å². The van der Waals surface area contributed by atoms with E-state index in [9.17, 15) is 21.6 Å². The van der Waals surface area contributed by atoms with Crippen LogP contribution in [-0.4, -0.2) is 45.4 Å². The number of halogens is 3. The van der Waals surface area contributed by atoms with Crippen molar-refractivity contribution in [2.75, 3.05) is 19.5 Å². The first-order valence-corrected chi connectivity index (χ1v) is 8.88. The Kier molecular flexibility index (Phi) is 6.89. The normalized spacial score (nSPS) is 25.8. The third-order valence-corrected chi connectivity index (χ3v) is 5.53. The van der Waals surface area contributed by atoms with Crippen LogP contribution in [0.1, 0.15) is 32.1 Å². The fraction of sp³-hybridized carbons (Fsp3) is 1.00. The number of nitrogens with two attached hydrogens (primary N) is 1. The molecule has 3 atom stereocenters. The number of rotatable bonds is 7. The zero-order chi connectivity index (χ0) is 16.1. The van der Waals surface area contributed by atoms with Crippen LogP contribution in [0.3, 0.4) is 0 Å². The highest BCUT2D eigenvalue weighted by Gasteiger charge is 2.33. The number of hydrogen-bond acceptors (Lipinski definition) is 5. The van der Waals surface area contributed by atoms with Crippen molar-refractivity contribution in [1.29, 1.82) is 0 Å². The molecular weight excluding hydrogens is 309 g/mol. The standard InChI is InChI=1S/C12H23F3N2O3S/c1-21(18,19)10-4-2-3-9(7-10)11(17-16)5-6-20-8-12(13,14)15/h9-11,17H,2-8,16H2,1H3. The average Bonchev–Trinajstić information content (AvgIpc) is 2.37. The maximum absolute atomic E-state index is 12.0. The summed E-state index contributed by atoms with van der Waals surface area (Å²) in [6.07, 6.45) is -0.0583. The summed E-state index contributed by atoms with van der Waals surface area (Å²) in [4.78, 5) is 0. The van der Waals surface area contributed by atoms with Crippen molar-refractivity contribution in [2.45, 2.75) is 49.6 Å². The van der Waals surface area contributed by atoms with Gasteiger partial charge in [-0.1, -0.05) is 6.42 Å². The summed E-state index contributed by atoms with van der Waals surface area (Å²) in [6.45, 7) is -1.34. The van der Waals surface area contributed by atoms with Crippen LogP contribution in [0.4, 0.5) is 13.2 Å². The fourth-order valence-electron chi connectivity index (χ4n) is 2.79. The molecule has 0 bridgehead atoms. The molecule has 9 heteroatoms. The number of sulfone groups is 1. The summed E-state index contributed by atoms with van der Waals surface area (Å²) in [7, 11) is -3.09. The van der Waals surface area contributed by atoms with E-state index in [1.165, 1.54) is 6.26 Å². The lowest BCUT2D eigenvalue weighted by atomic mass is 9.82. The van der Waals surface area contributed by atoms with E-state index in [-0.39, 0.29) is 23.8 Å². The lowest BCUT2D eigenvalue weighted by Gasteiger charge is -2.33. The SMILES string of the molecule is CS(=O)(=O)C1CCCC(C(CCOCC(F)(F)F)NN)C1. The molecule has 0 heterocycles. The minimum absolute atomic E-state index is 0.0398. The number of alkyl halides is 3. The van der Waals surface area contributed by atoms with E-state index < -0.39 is 22.6 Å².